The van der Waals surface area contributed by atoms with Crippen LogP contribution in [0.4, 0.5) is 0 Å². The highest BCUT2D eigenvalue weighted by molar-refractivity contribution is 5.48. The highest BCUT2D eigenvalue weighted by Crippen LogP contribution is 2.35. The maximum Gasteiger partial charge on any atom is 0.124 e. The summed E-state index contributed by atoms with van der Waals surface area (Å²) < 4.78 is 17.6. The zero-order valence-electron chi connectivity index (χ0n) is 17.1. The van der Waals surface area contributed by atoms with Gasteiger partial charge in [0.1, 0.15) is 23.4 Å². The summed E-state index contributed by atoms with van der Waals surface area (Å²) in [5.74, 6) is 3.02. The molecule has 2 atom stereocenters. The number of rotatable bonds is 8. The van der Waals surface area contributed by atoms with Gasteiger partial charge in [0, 0.05) is 30.6 Å². The molecule has 28 heavy (non-hydrogen) atoms. The van der Waals surface area contributed by atoms with Gasteiger partial charge >= 0.3 is 0 Å². The molecule has 152 valence electrons. The second-order valence-corrected chi connectivity index (χ2v) is 7.89. The van der Waals surface area contributed by atoms with E-state index in [-0.39, 0.29) is 12.1 Å². The number of hydrogen-bond donors (Lipinski definition) is 1. The van der Waals surface area contributed by atoms with E-state index in [9.17, 15) is 0 Å². The smallest absolute Gasteiger partial charge is 0.124 e. The van der Waals surface area contributed by atoms with Gasteiger partial charge in [0.2, 0.25) is 0 Å². The lowest BCUT2D eigenvalue weighted by molar-refractivity contribution is 0.142. The molecule has 0 bridgehead atoms. The second-order valence-electron chi connectivity index (χ2n) is 7.89. The summed E-state index contributed by atoms with van der Waals surface area (Å²) in [4.78, 5) is 2.55. The van der Waals surface area contributed by atoms with E-state index in [1.165, 1.54) is 24.8 Å². The molecule has 2 aliphatic heterocycles. The van der Waals surface area contributed by atoms with Crippen LogP contribution in [0.5, 0.6) is 11.5 Å². The number of nitrogens with one attached hydrogen (secondary N) is 1. The Balaban J connectivity index is 1.45. The van der Waals surface area contributed by atoms with E-state index >= 15 is 0 Å². The van der Waals surface area contributed by atoms with E-state index in [0.717, 1.165) is 55.4 Å². The number of furan rings is 1. The quantitative estimate of drug-likeness (QED) is 0.734. The Morgan fingerprint density at radius 3 is 2.86 bits per heavy atom. The van der Waals surface area contributed by atoms with Crippen LogP contribution in [0.25, 0.3) is 0 Å². The molecule has 0 unspecified atom stereocenters. The normalized spacial score (nSPS) is 20.6. The summed E-state index contributed by atoms with van der Waals surface area (Å²) in [6.07, 6.45) is 6.85. The first-order valence-corrected chi connectivity index (χ1v) is 10.7. The lowest BCUT2D eigenvalue weighted by Gasteiger charge is -2.33. The van der Waals surface area contributed by atoms with Crippen LogP contribution in [0, 0.1) is 0 Å². The summed E-state index contributed by atoms with van der Waals surface area (Å²) >= 11 is 0. The molecule has 1 saturated heterocycles. The summed E-state index contributed by atoms with van der Waals surface area (Å²) in [6.45, 7) is 8.71. The van der Waals surface area contributed by atoms with Crippen LogP contribution in [-0.2, 0) is 13.0 Å². The molecule has 1 aromatic carbocycles. The molecule has 5 nitrogen and oxygen atoms in total. The number of likely N-dealkylation sites (tertiary alicyclic amines) is 1. The molecule has 0 saturated carbocycles. The summed E-state index contributed by atoms with van der Waals surface area (Å²) in [5.41, 5.74) is 2.41. The molecular weight excluding hydrogens is 352 g/mol. The van der Waals surface area contributed by atoms with Crippen molar-refractivity contribution in [1.29, 1.82) is 0 Å². The highest BCUT2D eigenvalue weighted by atomic mass is 16.5. The Labute approximate surface area is 168 Å². The SMILES string of the molecule is CCOc1cc2c(cc1CNC[C@H](c1ccco1)N1CCCCC1)O[C@@H](C)C2. The Hall–Kier alpha value is -1.98. The summed E-state index contributed by atoms with van der Waals surface area (Å²) in [7, 11) is 0. The molecule has 1 fully saturated rings. The Bertz CT molecular complexity index is 753. The molecule has 3 heterocycles. The number of ether oxygens (including phenoxy) is 2. The van der Waals surface area contributed by atoms with Crippen molar-refractivity contribution < 1.29 is 13.9 Å². The van der Waals surface area contributed by atoms with Crippen molar-refractivity contribution >= 4 is 0 Å². The van der Waals surface area contributed by atoms with Crippen LogP contribution >= 0.6 is 0 Å². The lowest BCUT2D eigenvalue weighted by atomic mass is 10.1. The highest BCUT2D eigenvalue weighted by Gasteiger charge is 2.25. The zero-order chi connectivity index (χ0) is 19.3. The molecular formula is C23H32N2O3. The number of benzene rings is 1. The lowest BCUT2D eigenvalue weighted by Crippen LogP contribution is -2.38. The van der Waals surface area contributed by atoms with Gasteiger partial charge in [0.05, 0.1) is 18.9 Å². The van der Waals surface area contributed by atoms with Crippen molar-refractivity contribution in [3.8, 4) is 11.5 Å². The van der Waals surface area contributed by atoms with E-state index in [4.69, 9.17) is 13.9 Å². The predicted molar refractivity (Wildman–Crippen MR) is 110 cm³/mol. The second kappa shape index (κ2) is 9.01. The molecule has 5 heteroatoms. The van der Waals surface area contributed by atoms with Crippen LogP contribution in [0.1, 0.15) is 56.0 Å². The van der Waals surface area contributed by atoms with Crippen molar-refractivity contribution in [2.24, 2.45) is 0 Å². The minimum absolute atomic E-state index is 0.245. The Morgan fingerprint density at radius 2 is 2.11 bits per heavy atom. The van der Waals surface area contributed by atoms with Gasteiger partial charge < -0.3 is 19.2 Å². The van der Waals surface area contributed by atoms with Crippen molar-refractivity contribution in [2.75, 3.05) is 26.2 Å². The largest absolute Gasteiger partial charge is 0.494 e. The Kier molecular flexibility index (Phi) is 6.23. The van der Waals surface area contributed by atoms with Gasteiger partial charge in [-0.15, -0.1) is 0 Å². The van der Waals surface area contributed by atoms with Crippen molar-refractivity contribution in [3.05, 3.63) is 47.4 Å². The van der Waals surface area contributed by atoms with Crippen LogP contribution < -0.4 is 14.8 Å². The summed E-state index contributed by atoms with van der Waals surface area (Å²) in [5, 5.41) is 3.65. The van der Waals surface area contributed by atoms with Crippen molar-refractivity contribution in [2.45, 2.75) is 58.2 Å². The third-order valence-corrected chi connectivity index (χ3v) is 5.74. The van der Waals surface area contributed by atoms with Gasteiger partial charge in [-0.3, -0.25) is 4.90 Å². The Morgan fingerprint density at radius 1 is 1.25 bits per heavy atom. The zero-order valence-corrected chi connectivity index (χ0v) is 17.1. The molecule has 2 aromatic rings. The molecule has 2 aliphatic rings. The van der Waals surface area contributed by atoms with Crippen LogP contribution in [0.3, 0.4) is 0 Å². The fourth-order valence-electron chi connectivity index (χ4n) is 4.37. The van der Waals surface area contributed by atoms with E-state index < -0.39 is 0 Å². The average molecular weight is 385 g/mol. The van der Waals surface area contributed by atoms with Gasteiger partial charge in [-0.05, 0) is 64.0 Å². The van der Waals surface area contributed by atoms with Gasteiger partial charge in [0.15, 0.2) is 0 Å². The molecule has 0 spiro atoms. The average Bonchev–Trinajstić information content (AvgIpc) is 3.35. The molecule has 0 aliphatic carbocycles. The van der Waals surface area contributed by atoms with E-state index in [0.29, 0.717) is 6.61 Å². The summed E-state index contributed by atoms with van der Waals surface area (Å²) in [6, 6.07) is 8.67. The van der Waals surface area contributed by atoms with Crippen molar-refractivity contribution in [1.82, 2.24) is 10.2 Å². The van der Waals surface area contributed by atoms with E-state index in [1.54, 1.807) is 6.26 Å². The van der Waals surface area contributed by atoms with Crippen LogP contribution in [0.2, 0.25) is 0 Å². The molecule has 4 rings (SSSR count). The fourth-order valence-corrected chi connectivity index (χ4v) is 4.37. The van der Waals surface area contributed by atoms with Crippen LogP contribution in [0.15, 0.2) is 34.9 Å². The first kappa shape index (κ1) is 19.3. The first-order chi connectivity index (χ1) is 13.7. The topological polar surface area (TPSA) is 46.9 Å². The maximum absolute atomic E-state index is 5.96. The number of fused-ring (bicyclic) bond motifs is 1. The number of hydrogen-bond acceptors (Lipinski definition) is 5. The monoisotopic (exact) mass is 384 g/mol. The standard InChI is InChI=1S/C23H32N2O3/c1-3-26-22-13-18-12-17(2)28-23(18)14-19(22)15-24-16-20(21-8-7-11-27-21)25-9-5-4-6-10-25/h7-8,11,13-14,17,20,24H,3-6,9-10,12,15-16H2,1-2H3/t17-,20+/m0/s1. The van der Waals surface area contributed by atoms with E-state index in [2.05, 4.69) is 35.3 Å². The van der Waals surface area contributed by atoms with Gasteiger partial charge in [0.25, 0.3) is 0 Å². The van der Waals surface area contributed by atoms with Crippen molar-refractivity contribution in [3.63, 3.8) is 0 Å². The maximum atomic E-state index is 5.96. The third-order valence-electron chi connectivity index (χ3n) is 5.74. The predicted octanol–water partition coefficient (Wildman–Crippen LogP) is 4.32. The van der Waals surface area contributed by atoms with Gasteiger partial charge in [-0.25, -0.2) is 0 Å². The van der Waals surface area contributed by atoms with Gasteiger partial charge in [-0.2, -0.15) is 0 Å². The van der Waals surface area contributed by atoms with E-state index in [1.807, 2.05) is 13.0 Å². The number of piperidine rings is 1. The minimum Gasteiger partial charge on any atom is -0.494 e. The fraction of sp³-hybridized carbons (Fsp3) is 0.565. The molecule has 1 N–H and O–H groups in total. The molecule has 0 radical (unpaired) electrons. The molecule has 1 aromatic heterocycles. The minimum atomic E-state index is 0.245. The molecule has 0 amide bonds. The number of nitrogens with zero attached hydrogens (tertiary/aromatic N) is 1. The van der Waals surface area contributed by atoms with Gasteiger partial charge in [-0.1, -0.05) is 6.42 Å². The van der Waals surface area contributed by atoms with Crippen LogP contribution in [-0.4, -0.2) is 37.2 Å². The first-order valence-electron chi connectivity index (χ1n) is 10.7. The third kappa shape index (κ3) is 4.36.